The van der Waals surface area contributed by atoms with Crippen molar-refractivity contribution in [3.8, 4) is 16.9 Å². The van der Waals surface area contributed by atoms with Gasteiger partial charge in [0.05, 0.1) is 3.57 Å². The number of nitrogens with zero attached hydrogens (tertiary/aromatic N) is 1. The van der Waals surface area contributed by atoms with Crippen LogP contribution >= 0.6 is 45.6 Å². The first-order valence-corrected chi connectivity index (χ1v) is 11.2. The van der Waals surface area contributed by atoms with Crippen molar-refractivity contribution in [1.29, 1.82) is 0 Å². The Hall–Kier alpha value is -0.700. The number of fused-ring (bicyclic) bond motifs is 2. The second-order valence-corrected chi connectivity index (χ2v) is 8.94. The summed E-state index contributed by atoms with van der Waals surface area (Å²) in [6.45, 7) is 2.01. The third-order valence-electron chi connectivity index (χ3n) is 5.79. The Morgan fingerprint density at radius 3 is 2.12 bits per heavy atom. The van der Waals surface area contributed by atoms with Crippen molar-refractivity contribution in [1.82, 2.24) is 0 Å². The molecule has 0 N–H and O–H groups in total. The van der Waals surface area contributed by atoms with Crippen LogP contribution in [0.1, 0.15) is 53.5 Å². The minimum Gasteiger partial charge on any atom is -0.426 e. The second-order valence-electron chi connectivity index (χ2n) is 7.34. The van der Waals surface area contributed by atoms with E-state index in [9.17, 15) is 4.91 Å². The topological polar surface area (TPSA) is 38.7 Å². The molecule has 0 spiro atoms. The monoisotopic (exact) mass is 573 g/mol. The molecule has 5 heteroatoms. The molecule has 0 heterocycles. The fourth-order valence-corrected chi connectivity index (χ4v) is 6.25. The van der Waals surface area contributed by atoms with E-state index >= 15 is 0 Å². The summed E-state index contributed by atoms with van der Waals surface area (Å²) in [5.41, 5.74) is 9.27. The molecule has 0 saturated heterocycles. The van der Waals surface area contributed by atoms with Crippen molar-refractivity contribution < 1.29 is 3.07 Å². The summed E-state index contributed by atoms with van der Waals surface area (Å²) in [6, 6.07) is 4.45. The van der Waals surface area contributed by atoms with Gasteiger partial charge in [-0.3, -0.25) is 0 Å². The Morgan fingerprint density at radius 1 is 0.923 bits per heavy atom. The minimum absolute atomic E-state index is 0.607. The number of rotatable bonds is 3. The lowest BCUT2D eigenvalue weighted by Gasteiger charge is -2.27. The Bertz CT molecular complexity index is 893. The van der Waals surface area contributed by atoms with Crippen LogP contribution in [0.15, 0.2) is 17.3 Å². The van der Waals surface area contributed by atoms with Gasteiger partial charge in [0.1, 0.15) is 5.69 Å². The van der Waals surface area contributed by atoms with Gasteiger partial charge in [-0.15, -0.1) is 4.91 Å². The van der Waals surface area contributed by atoms with E-state index < -0.39 is 0 Å². The summed E-state index contributed by atoms with van der Waals surface area (Å²) >= 11 is 4.35. The molecule has 136 valence electrons. The van der Waals surface area contributed by atoms with Crippen LogP contribution in [0.25, 0.3) is 11.1 Å². The van der Waals surface area contributed by atoms with Crippen LogP contribution in [0.4, 0.5) is 5.69 Å². The molecule has 2 aromatic carbocycles. The Balaban J connectivity index is 2.12. The van der Waals surface area contributed by atoms with E-state index in [2.05, 4.69) is 39.9 Å². The molecule has 0 saturated carbocycles. The summed E-state index contributed by atoms with van der Waals surface area (Å²) in [4.78, 5) is 11.9. The second kappa shape index (κ2) is 7.73. The average molecular weight is 573 g/mol. The van der Waals surface area contributed by atoms with Gasteiger partial charge in [0, 0.05) is 11.1 Å². The van der Waals surface area contributed by atoms with Crippen molar-refractivity contribution in [3.05, 3.63) is 48.4 Å². The van der Waals surface area contributed by atoms with Gasteiger partial charge >= 0.3 is 0 Å². The van der Waals surface area contributed by atoms with Gasteiger partial charge < -0.3 is 3.07 Å². The third kappa shape index (κ3) is 3.08. The standard InChI is InChI=1S/C21H21I2NO2/c1-12-10-13-6-2-4-8-15(13)18(20(12)24-25)19-16-9-5-3-7-14(16)11-17(22)21(19)26-23/h10-11H,2-9H2,1H3. The van der Waals surface area contributed by atoms with Crippen molar-refractivity contribution in [2.45, 2.75) is 58.3 Å². The molecule has 0 bridgehead atoms. The molecule has 0 amide bonds. The van der Waals surface area contributed by atoms with Gasteiger partial charge in [-0.05, 0) is 120 Å². The SMILES string of the molecule is Cc1cc2c(c(-c3c4c(cc(I)c3OI)CCCC4)c1N=O)CCCC2. The van der Waals surface area contributed by atoms with Gasteiger partial charge in [-0.1, -0.05) is 6.07 Å². The maximum atomic E-state index is 11.9. The van der Waals surface area contributed by atoms with Crippen molar-refractivity contribution >= 4 is 51.3 Å². The van der Waals surface area contributed by atoms with E-state index in [0.717, 1.165) is 51.7 Å². The number of nitroso groups, excluding NO2 is 1. The lowest BCUT2D eigenvalue weighted by molar-refractivity contribution is 0.667. The molecular weight excluding hydrogens is 552 g/mol. The van der Waals surface area contributed by atoms with Crippen LogP contribution in [0.5, 0.6) is 5.75 Å². The molecule has 2 aliphatic rings. The molecule has 0 radical (unpaired) electrons. The van der Waals surface area contributed by atoms with E-state index in [-0.39, 0.29) is 0 Å². The molecule has 2 aromatic rings. The highest BCUT2D eigenvalue weighted by molar-refractivity contribution is 14.1. The van der Waals surface area contributed by atoms with Crippen LogP contribution < -0.4 is 3.07 Å². The van der Waals surface area contributed by atoms with Crippen LogP contribution in [0, 0.1) is 15.4 Å². The molecule has 3 nitrogen and oxygen atoms in total. The summed E-state index contributed by atoms with van der Waals surface area (Å²) in [5.74, 6) is 0.898. The van der Waals surface area contributed by atoms with Gasteiger partial charge in [-0.25, -0.2) is 0 Å². The van der Waals surface area contributed by atoms with Crippen molar-refractivity contribution in [2.75, 3.05) is 0 Å². The normalized spacial score (nSPS) is 16.0. The van der Waals surface area contributed by atoms with E-state index in [1.54, 1.807) is 0 Å². The van der Waals surface area contributed by atoms with Gasteiger partial charge in [0.25, 0.3) is 0 Å². The molecule has 0 aromatic heterocycles. The summed E-state index contributed by atoms with van der Waals surface area (Å²) < 4.78 is 6.97. The number of hydrogen-bond acceptors (Lipinski definition) is 3. The quantitative estimate of drug-likeness (QED) is 0.289. The molecule has 0 aliphatic heterocycles. The largest absolute Gasteiger partial charge is 0.426 e. The van der Waals surface area contributed by atoms with E-state index in [1.165, 1.54) is 47.9 Å². The Kier molecular flexibility index (Phi) is 5.55. The lowest BCUT2D eigenvalue weighted by atomic mass is 9.79. The molecule has 4 rings (SSSR count). The third-order valence-corrected chi connectivity index (χ3v) is 7.03. The Labute approximate surface area is 182 Å². The van der Waals surface area contributed by atoms with Gasteiger partial charge in [0.2, 0.25) is 0 Å². The molecule has 0 atom stereocenters. The maximum absolute atomic E-state index is 11.9. The number of hydrogen-bond donors (Lipinski definition) is 0. The summed E-state index contributed by atoms with van der Waals surface area (Å²) in [6.07, 6.45) is 9.10. The van der Waals surface area contributed by atoms with Crippen LogP contribution in [-0.4, -0.2) is 0 Å². The molecule has 26 heavy (non-hydrogen) atoms. The fourth-order valence-electron chi connectivity index (χ4n) is 4.62. The number of aryl methyl sites for hydroxylation is 3. The van der Waals surface area contributed by atoms with E-state index in [1.807, 2.05) is 29.9 Å². The maximum Gasteiger partial charge on any atom is 0.192 e. The average Bonchev–Trinajstić information content (AvgIpc) is 2.66. The first kappa shape index (κ1) is 18.7. The first-order chi connectivity index (χ1) is 12.7. The smallest absolute Gasteiger partial charge is 0.192 e. The van der Waals surface area contributed by atoms with E-state index in [0.29, 0.717) is 5.69 Å². The van der Waals surface area contributed by atoms with Gasteiger partial charge in [-0.2, -0.15) is 0 Å². The zero-order valence-electron chi connectivity index (χ0n) is 14.8. The molecule has 2 aliphatic carbocycles. The fraction of sp³-hybridized carbons (Fsp3) is 0.429. The van der Waals surface area contributed by atoms with Crippen LogP contribution in [0.3, 0.4) is 0 Å². The highest BCUT2D eigenvalue weighted by atomic mass is 127. The van der Waals surface area contributed by atoms with Crippen LogP contribution in [-0.2, 0) is 25.7 Å². The first-order valence-electron chi connectivity index (χ1n) is 9.27. The predicted octanol–water partition coefficient (Wildman–Crippen LogP) is 7.15. The van der Waals surface area contributed by atoms with Crippen molar-refractivity contribution in [3.63, 3.8) is 0 Å². The predicted molar refractivity (Wildman–Crippen MR) is 123 cm³/mol. The number of halogens is 2. The molecular formula is C21H21I2NO2. The zero-order valence-corrected chi connectivity index (χ0v) is 19.1. The van der Waals surface area contributed by atoms with E-state index in [4.69, 9.17) is 3.07 Å². The highest BCUT2D eigenvalue weighted by Gasteiger charge is 2.28. The van der Waals surface area contributed by atoms with Crippen LogP contribution in [0.2, 0.25) is 0 Å². The van der Waals surface area contributed by atoms with Crippen molar-refractivity contribution in [2.24, 2.45) is 5.18 Å². The summed E-state index contributed by atoms with van der Waals surface area (Å²) in [7, 11) is 0. The minimum atomic E-state index is 0.607. The number of benzene rings is 2. The highest BCUT2D eigenvalue weighted by Crippen LogP contribution is 2.49. The zero-order chi connectivity index (χ0) is 18.3. The molecule has 0 unspecified atom stereocenters. The van der Waals surface area contributed by atoms with Gasteiger partial charge in [0.15, 0.2) is 28.8 Å². The lowest BCUT2D eigenvalue weighted by Crippen LogP contribution is -2.10. The molecule has 0 fully saturated rings. The Morgan fingerprint density at radius 2 is 1.50 bits per heavy atom. The summed E-state index contributed by atoms with van der Waals surface area (Å²) in [5, 5.41) is 3.50.